The summed E-state index contributed by atoms with van der Waals surface area (Å²) in [5.41, 5.74) is 2.70. The minimum Gasteiger partial charge on any atom is -0.321 e. The minimum absolute atomic E-state index is 0.102. The monoisotopic (exact) mass is 435 g/mol. The second-order valence-electron chi connectivity index (χ2n) is 6.83. The molecule has 1 N–H and O–H groups in total. The number of carbonyl (C=O) groups excluding carboxylic acids is 2. The topological polar surface area (TPSA) is 95.9 Å². The fraction of sp³-hybridized carbons (Fsp3) is 0.250. The van der Waals surface area contributed by atoms with Crippen molar-refractivity contribution in [1.29, 1.82) is 0 Å². The number of carbonyl (C=O) groups is 2. The molecule has 158 valence electrons. The number of aryl methyl sites for hydroxylation is 2. The van der Waals surface area contributed by atoms with Gasteiger partial charge in [-0.3, -0.25) is 9.59 Å². The van der Waals surface area contributed by atoms with E-state index in [2.05, 4.69) is 10.4 Å². The van der Waals surface area contributed by atoms with Crippen LogP contribution in [0.25, 0.3) is 0 Å². The lowest BCUT2D eigenvalue weighted by Gasteiger charge is -2.24. The van der Waals surface area contributed by atoms with Crippen molar-refractivity contribution in [3.8, 4) is 0 Å². The van der Waals surface area contributed by atoms with Crippen molar-refractivity contribution < 1.29 is 26.8 Å². The van der Waals surface area contributed by atoms with E-state index in [4.69, 9.17) is 0 Å². The third-order valence-electron chi connectivity index (χ3n) is 4.56. The highest BCUT2D eigenvalue weighted by Crippen LogP contribution is 2.26. The lowest BCUT2D eigenvalue weighted by Crippen LogP contribution is -2.36. The van der Waals surface area contributed by atoms with E-state index < -0.39 is 26.4 Å². The number of benzene rings is 2. The summed E-state index contributed by atoms with van der Waals surface area (Å²) < 4.78 is 48.2. The van der Waals surface area contributed by atoms with Gasteiger partial charge in [0.2, 0.25) is 15.7 Å². The fourth-order valence-corrected chi connectivity index (χ4v) is 3.61. The molecule has 7 nitrogen and oxygen atoms in total. The second kappa shape index (κ2) is 8.31. The summed E-state index contributed by atoms with van der Waals surface area (Å²) in [4.78, 5) is 24.4. The summed E-state index contributed by atoms with van der Waals surface area (Å²) in [7, 11) is -4.71. The average molecular weight is 435 g/mol. The Hall–Kier alpha value is -3.14. The predicted molar refractivity (Wildman–Crippen MR) is 108 cm³/mol. The zero-order chi connectivity index (χ0) is 22.1. The highest BCUT2D eigenvalue weighted by atomic mass is 32.2. The van der Waals surface area contributed by atoms with E-state index in [0.717, 1.165) is 23.3 Å². The van der Waals surface area contributed by atoms with Crippen molar-refractivity contribution in [3.05, 3.63) is 53.6 Å². The Labute approximate surface area is 172 Å². The van der Waals surface area contributed by atoms with Crippen LogP contribution in [-0.2, 0) is 19.4 Å². The molecule has 1 aliphatic heterocycles. The van der Waals surface area contributed by atoms with Crippen LogP contribution in [0.2, 0.25) is 0 Å². The average Bonchev–Trinajstić information content (AvgIpc) is 2.70. The van der Waals surface area contributed by atoms with Crippen LogP contribution in [0, 0.1) is 13.8 Å². The summed E-state index contributed by atoms with van der Waals surface area (Å²) >= 11 is 0. The van der Waals surface area contributed by atoms with E-state index >= 15 is 0 Å². The fourth-order valence-electron chi connectivity index (χ4n) is 2.89. The molecule has 30 heavy (non-hydrogen) atoms. The van der Waals surface area contributed by atoms with E-state index in [-0.39, 0.29) is 30.1 Å². The zero-order valence-corrected chi connectivity index (χ0v) is 17.0. The largest absolute Gasteiger partial charge is 0.341 e. The predicted octanol–water partition coefficient (Wildman–Crippen LogP) is 3.42. The quantitative estimate of drug-likeness (QED) is 0.778. The molecule has 0 aromatic heterocycles. The van der Waals surface area contributed by atoms with Crippen LogP contribution in [0.3, 0.4) is 0 Å². The third-order valence-corrected chi connectivity index (χ3v) is 5.96. The van der Waals surface area contributed by atoms with Gasteiger partial charge >= 0.3 is 5.76 Å². The number of anilines is 2. The molecular formula is C20H19F2N3O4S. The van der Waals surface area contributed by atoms with Gasteiger partial charge < -0.3 is 5.32 Å². The van der Waals surface area contributed by atoms with Gasteiger partial charge in [-0.2, -0.15) is 13.9 Å². The van der Waals surface area contributed by atoms with Crippen LogP contribution in [0.1, 0.15) is 24.0 Å². The standard InChI is InChI=1S/C20H19F2N3O4S/c1-12-3-4-13(2)17(11-12)25-18(26)10-9-16(24-25)19(27)23-14-5-7-15(8-6-14)30(28,29)20(21)22/h3-8,11,20H,9-10H2,1-2H3,(H,23,27). The van der Waals surface area contributed by atoms with E-state index in [1.54, 1.807) is 6.07 Å². The van der Waals surface area contributed by atoms with Gasteiger partial charge in [-0.15, -0.1) is 0 Å². The van der Waals surface area contributed by atoms with E-state index in [1.165, 1.54) is 17.1 Å². The van der Waals surface area contributed by atoms with Crippen molar-refractivity contribution in [2.24, 2.45) is 5.10 Å². The van der Waals surface area contributed by atoms with Crippen LogP contribution < -0.4 is 10.3 Å². The Morgan fingerprint density at radius 1 is 1.10 bits per heavy atom. The molecule has 10 heteroatoms. The van der Waals surface area contributed by atoms with Gasteiger partial charge in [0.15, 0.2) is 0 Å². The normalized spacial score (nSPS) is 14.6. The van der Waals surface area contributed by atoms with Crippen molar-refractivity contribution in [2.75, 3.05) is 10.3 Å². The molecule has 2 amide bonds. The maximum absolute atomic E-state index is 12.6. The van der Waals surface area contributed by atoms with Crippen LogP contribution >= 0.6 is 0 Å². The van der Waals surface area contributed by atoms with Gasteiger partial charge in [-0.25, -0.2) is 13.4 Å². The van der Waals surface area contributed by atoms with E-state index in [0.29, 0.717) is 5.69 Å². The number of hydrazone groups is 1. The molecular weight excluding hydrogens is 416 g/mol. The first kappa shape index (κ1) is 21.6. The third kappa shape index (κ3) is 4.38. The maximum atomic E-state index is 12.6. The maximum Gasteiger partial charge on any atom is 0.341 e. The molecule has 2 aromatic rings. The van der Waals surface area contributed by atoms with Crippen molar-refractivity contribution in [3.63, 3.8) is 0 Å². The first-order valence-electron chi connectivity index (χ1n) is 9.01. The van der Waals surface area contributed by atoms with Gasteiger partial charge in [0.1, 0.15) is 5.71 Å². The molecule has 0 fully saturated rings. The van der Waals surface area contributed by atoms with Gasteiger partial charge in [0.05, 0.1) is 10.6 Å². The number of rotatable bonds is 5. The van der Waals surface area contributed by atoms with Crippen molar-refractivity contribution in [2.45, 2.75) is 37.3 Å². The molecule has 2 aromatic carbocycles. The molecule has 0 bridgehead atoms. The molecule has 0 aliphatic carbocycles. The Morgan fingerprint density at radius 3 is 2.40 bits per heavy atom. The smallest absolute Gasteiger partial charge is 0.321 e. The molecule has 3 rings (SSSR count). The molecule has 0 radical (unpaired) electrons. The number of alkyl halides is 2. The Kier molecular flexibility index (Phi) is 5.97. The van der Waals surface area contributed by atoms with Gasteiger partial charge in [0.25, 0.3) is 5.91 Å². The minimum atomic E-state index is -4.71. The zero-order valence-electron chi connectivity index (χ0n) is 16.2. The number of halogens is 2. The van der Waals surface area contributed by atoms with Crippen LogP contribution in [0.4, 0.5) is 20.2 Å². The summed E-state index contributed by atoms with van der Waals surface area (Å²) in [5.74, 6) is -4.33. The molecule has 0 unspecified atom stereocenters. The molecule has 0 spiro atoms. The van der Waals surface area contributed by atoms with Crippen molar-refractivity contribution in [1.82, 2.24) is 0 Å². The number of sulfone groups is 1. The van der Waals surface area contributed by atoms with Gasteiger partial charge in [-0.1, -0.05) is 12.1 Å². The Bertz CT molecular complexity index is 1130. The summed E-state index contributed by atoms with van der Waals surface area (Å²) in [6.07, 6.45) is 0.245. The van der Waals surface area contributed by atoms with Gasteiger partial charge in [0, 0.05) is 18.5 Å². The number of hydrogen-bond donors (Lipinski definition) is 1. The first-order chi connectivity index (χ1) is 14.1. The van der Waals surface area contributed by atoms with Crippen LogP contribution in [-0.4, -0.2) is 31.7 Å². The summed E-state index contributed by atoms with van der Waals surface area (Å²) in [5, 5.41) is 7.95. The van der Waals surface area contributed by atoms with Crippen LogP contribution in [0.5, 0.6) is 0 Å². The lowest BCUT2D eigenvalue weighted by atomic mass is 10.1. The van der Waals surface area contributed by atoms with E-state index in [1.807, 2.05) is 26.0 Å². The highest BCUT2D eigenvalue weighted by molar-refractivity contribution is 7.91. The second-order valence-corrected chi connectivity index (χ2v) is 8.74. The van der Waals surface area contributed by atoms with Crippen molar-refractivity contribution >= 4 is 38.7 Å². The first-order valence-corrected chi connectivity index (χ1v) is 10.6. The highest BCUT2D eigenvalue weighted by Gasteiger charge is 2.28. The molecule has 1 heterocycles. The number of amides is 2. The van der Waals surface area contributed by atoms with Gasteiger partial charge in [-0.05, 0) is 55.3 Å². The molecule has 1 aliphatic rings. The van der Waals surface area contributed by atoms with E-state index in [9.17, 15) is 26.8 Å². The lowest BCUT2D eigenvalue weighted by molar-refractivity contribution is -0.118. The number of nitrogens with zero attached hydrogens (tertiary/aromatic N) is 2. The summed E-state index contributed by atoms with van der Waals surface area (Å²) in [6.45, 7) is 3.72. The number of hydrogen-bond acceptors (Lipinski definition) is 5. The summed E-state index contributed by atoms with van der Waals surface area (Å²) in [6, 6.07) is 9.98. The number of nitrogens with one attached hydrogen (secondary N) is 1. The Balaban J connectivity index is 1.81. The molecule has 0 atom stereocenters. The SMILES string of the molecule is Cc1ccc(C)c(N2N=C(C(=O)Nc3ccc(S(=O)(=O)C(F)F)cc3)CCC2=O)c1. The Morgan fingerprint density at radius 2 is 1.77 bits per heavy atom. The molecule has 0 saturated heterocycles. The van der Waals surface area contributed by atoms with Crippen LogP contribution in [0.15, 0.2) is 52.5 Å². The molecule has 0 saturated carbocycles.